The molecule has 0 atom stereocenters. The maximum atomic E-state index is 12.5. The van der Waals surface area contributed by atoms with E-state index in [0.29, 0.717) is 21.5 Å². The van der Waals surface area contributed by atoms with Crippen molar-refractivity contribution in [1.82, 2.24) is 5.32 Å². The van der Waals surface area contributed by atoms with E-state index < -0.39 is 5.91 Å². The lowest BCUT2D eigenvalue weighted by molar-refractivity contribution is -0.113. The molecule has 0 unspecified atom stereocenters. The lowest BCUT2D eigenvalue weighted by atomic mass is 10.1. The Morgan fingerprint density at radius 2 is 1.88 bits per heavy atom. The predicted molar refractivity (Wildman–Crippen MR) is 100.0 cm³/mol. The van der Waals surface area contributed by atoms with Gasteiger partial charge in [0.1, 0.15) is 11.6 Å². The Morgan fingerprint density at radius 1 is 1.12 bits per heavy atom. The van der Waals surface area contributed by atoms with Crippen LogP contribution in [0.15, 0.2) is 36.4 Å². The van der Waals surface area contributed by atoms with Gasteiger partial charge in [-0.25, -0.2) is 0 Å². The predicted octanol–water partition coefficient (Wildman–Crippen LogP) is 4.11. The van der Waals surface area contributed by atoms with Gasteiger partial charge in [0.2, 0.25) is 5.91 Å². The summed E-state index contributed by atoms with van der Waals surface area (Å²) in [7, 11) is 1.53. The number of methoxy groups -OCH3 is 1. The SMILES string of the molecule is COc1ccc(CNC(=O)c2cc(Cl)ccc2NC(=O)CCl)cc1Cl. The molecule has 0 saturated carbocycles. The number of carbonyl (C=O) groups excluding carboxylic acids is 2. The van der Waals surface area contributed by atoms with E-state index in [4.69, 9.17) is 39.5 Å². The van der Waals surface area contributed by atoms with E-state index in [1.807, 2.05) is 0 Å². The first-order valence-corrected chi connectivity index (χ1v) is 8.49. The normalized spacial score (nSPS) is 10.2. The van der Waals surface area contributed by atoms with Crippen LogP contribution in [-0.4, -0.2) is 24.8 Å². The van der Waals surface area contributed by atoms with Crippen molar-refractivity contribution in [2.45, 2.75) is 6.54 Å². The molecule has 5 nitrogen and oxygen atoms in total. The van der Waals surface area contributed by atoms with Crippen LogP contribution >= 0.6 is 34.8 Å². The molecule has 0 radical (unpaired) electrons. The molecule has 0 aliphatic heterocycles. The van der Waals surface area contributed by atoms with Crippen molar-refractivity contribution in [1.29, 1.82) is 0 Å². The van der Waals surface area contributed by atoms with Crippen molar-refractivity contribution in [3.05, 3.63) is 57.6 Å². The lowest BCUT2D eigenvalue weighted by Crippen LogP contribution is -2.25. The highest BCUT2D eigenvalue weighted by Gasteiger charge is 2.14. The molecule has 2 amide bonds. The van der Waals surface area contributed by atoms with E-state index in [1.54, 1.807) is 30.3 Å². The molecule has 0 aliphatic carbocycles. The highest BCUT2D eigenvalue weighted by Crippen LogP contribution is 2.25. The minimum atomic E-state index is -0.417. The quantitative estimate of drug-likeness (QED) is 0.716. The zero-order valence-corrected chi connectivity index (χ0v) is 15.5. The fraction of sp³-hybridized carbons (Fsp3) is 0.176. The van der Waals surface area contributed by atoms with E-state index in [-0.39, 0.29) is 23.9 Å². The van der Waals surface area contributed by atoms with Gasteiger partial charge in [-0.2, -0.15) is 0 Å². The van der Waals surface area contributed by atoms with Gasteiger partial charge in [0.15, 0.2) is 0 Å². The van der Waals surface area contributed by atoms with Crippen LogP contribution in [0.1, 0.15) is 15.9 Å². The maximum absolute atomic E-state index is 12.5. The highest BCUT2D eigenvalue weighted by atomic mass is 35.5. The number of ether oxygens (including phenoxy) is 1. The van der Waals surface area contributed by atoms with Crippen molar-refractivity contribution in [2.24, 2.45) is 0 Å². The van der Waals surface area contributed by atoms with Gasteiger partial charge in [-0.15, -0.1) is 11.6 Å². The number of hydrogen-bond donors (Lipinski definition) is 2. The van der Waals surface area contributed by atoms with Crippen molar-refractivity contribution in [3.8, 4) is 5.75 Å². The van der Waals surface area contributed by atoms with Gasteiger partial charge in [-0.3, -0.25) is 9.59 Å². The third-order valence-corrected chi connectivity index (χ3v) is 4.06. The standard InChI is InChI=1S/C17H15Cl3N2O3/c1-25-15-5-2-10(6-13(15)20)9-21-17(24)12-7-11(19)3-4-14(12)22-16(23)8-18/h2-7H,8-9H2,1H3,(H,21,24)(H,22,23). The zero-order chi connectivity index (χ0) is 18.4. The van der Waals surface area contributed by atoms with E-state index in [0.717, 1.165) is 5.56 Å². The molecule has 132 valence electrons. The number of anilines is 1. The number of carbonyl (C=O) groups is 2. The number of benzene rings is 2. The van der Waals surface area contributed by atoms with Crippen molar-refractivity contribution in [3.63, 3.8) is 0 Å². The first-order valence-electron chi connectivity index (χ1n) is 7.20. The molecular formula is C17H15Cl3N2O3. The Balaban J connectivity index is 2.13. The third kappa shape index (κ3) is 5.26. The smallest absolute Gasteiger partial charge is 0.253 e. The summed E-state index contributed by atoms with van der Waals surface area (Å²) in [6.07, 6.45) is 0. The second-order valence-electron chi connectivity index (χ2n) is 5.02. The number of alkyl halides is 1. The summed E-state index contributed by atoms with van der Waals surface area (Å²) in [5.41, 5.74) is 1.37. The van der Waals surface area contributed by atoms with Gasteiger partial charge in [0.25, 0.3) is 5.91 Å². The number of amides is 2. The number of nitrogens with one attached hydrogen (secondary N) is 2. The van der Waals surface area contributed by atoms with Crippen molar-refractivity contribution in [2.75, 3.05) is 18.3 Å². The lowest BCUT2D eigenvalue weighted by Gasteiger charge is -2.12. The molecule has 2 aromatic carbocycles. The van der Waals surface area contributed by atoms with Crippen LogP contribution in [0.2, 0.25) is 10.0 Å². The monoisotopic (exact) mass is 400 g/mol. The second kappa shape index (κ2) is 8.94. The Morgan fingerprint density at radius 3 is 2.52 bits per heavy atom. The summed E-state index contributed by atoms with van der Waals surface area (Å²) in [4.78, 5) is 23.9. The highest BCUT2D eigenvalue weighted by molar-refractivity contribution is 6.32. The summed E-state index contributed by atoms with van der Waals surface area (Å²) < 4.78 is 5.09. The van der Waals surface area contributed by atoms with Crippen LogP contribution in [0, 0.1) is 0 Å². The van der Waals surface area contributed by atoms with Gasteiger partial charge in [0.05, 0.1) is 23.4 Å². The minimum absolute atomic E-state index is 0.214. The summed E-state index contributed by atoms with van der Waals surface area (Å²) in [5.74, 6) is -0.467. The van der Waals surface area contributed by atoms with Crippen LogP contribution in [0.4, 0.5) is 5.69 Å². The summed E-state index contributed by atoms with van der Waals surface area (Å²) >= 11 is 17.5. The molecule has 2 aromatic rings. The summed E-state index contributed by atoms with van der Waals surface area (Å²) in [6, 6.07) is 9.81. The van der Waals surface area contributed by atoms with Crippen LogP contribution < -0.4 is 15.4 Å². The average Bonchev–Trinajstić information content (AvgIpc) is 2.61. The van der Waals surface area contributed by atoms with E-state index in [9.17, 15) is 9.59 Å². The van der Waals surface area contributed by atoms with Gasteiger partial charge < -0.3 is 15.4 Å². The first-order chi connectivity index (χ1) is 11.9. The number of halogens is 3. The first kappa shape index (κ1) is 19.4. The Hall–Kier alpha value is -1.95. The molecule has 0 bridgehead atoms. The molecule has 0 saturated heterocycles. The Bertz CT molecular complexity index is 797. The van der Waals surface area contributed by atoms with Gasteiger partial charge in [-0.1, -0.05) is 29.3 Å². The molecular weight excluding hydrogens is 387 g/mol. The van der Waals surface area contributed by atoms with Crippen LogP contribution in [0.3, 0.4) is 0 Å². The van der Waals surface area contributed by atoms with Crippen molar-refractivity contribution >= 4 is 52.3 Å². The van der Waals surface area contributed by atoms with Crippen molar-refractivity contribution < 1.29 is 14.3 Å². The fourth-order valence-corrected chi connectivity index (χ4v) is 2.61. The molecule has 25 heavy (non-hydrogen) atoms. The van der Waals surface area contributed by atoms with E-state index >= 15 is 0 Å². The topological polar surface area (TPSA) is 67.4 Å². The summed E-state index contributed by atoms with van der Waals surface area (Å²) in [6.45, 7) is 0.248. The molecule has 0 aromatic heterocycles. The molecule has 2 N–H and O–H groups in total. The average molecular weight is 402 g/mol. The molecule has 0 aliphatic rings. The third-order valence-electron chi connectivity index (χ3n) is 3.29. The molecule has 0 heterocycles. The molecule has 2 rings (SSSR count). The fourth-order valence-electron chi connectivity index (χ4n) is 2.09. The van der Waals surface area contributed by atoms with E-state index in [2.05, 4.69) is 10.6 Å². The number of rotatable bonds is 6. The van der Waals surface area contributed by atoms with Gasteiger partial charge >= 0.3 is 0 Å². The Labute approximate surface area is 160 Å². The number of hydrogen-bond acceptors (Lipinski definition) is 3. The van der Waals surface area contributed by atoms with Crippen LogP contribution in [0.25, 0.3) is 0 Å². The van der Waals surface area contributed by atoms with Crippen LogP contribution in [0.5, 0.6) is 5.75 Å². The second-order valence-corrected chi connectivity index (χ2v) is 6.13. The van der Waals surface area contributed by atoms with Crippen LogP contribution in [-0.2, 0) is 11.3 Å². The van der Waals surface area contributed by atoms with Gasteiger partial charge in [-0.05, 0) is 35.9 Å². The van der Waals surface area contributed by atoms with Gasteiger partial charge in [0, 0.05) is 11.6 Å². The Kier molecular flexibility index (Phi) is 6.93. The minimum Gasteiger partial charge on any atom is -0.495 e. The zero-order valence-electron chi connectivity index (χ0n) is 13.2. The molecule has 0 spiro atoms. The molecule has 0 fully saturated rings. The maximum Gasteiger partial charge on any atom is 0.253 e. The molecule has 8 heteroatoms. The summed E-state index contributed by atoms with van der Waals surface area (Å²) in [5, 5.41) is 6.15. The van der Waals surface area contributed by atoms with E-state index in [1.165, 1.54) is 13.2 Å². The largest absolute Gasteiger partial charge is 0.495 e.